The molecule has 6 nitrogen and oxygen atoms in total. The molecule has 0 spiro atoms. The zero-order valence-corrected chi connectivity index (χ0v) is 21.4. The first-order valence-corrected chi connectivity index (χ1v) is 11.3. The molecule has 0 saturated carbocycles. The minimum atomic E-state index is -0.128. The first kappa shape index (κ1) is 24.8. The fraction of sp³-hybridized carbons (Fsp3) is 0.286. The zero-order chi connectivity index (χ0) is 25.2. The van der Waals surface area contributed by atoms with Crippen molar-refractivity contribution in [3.05, 3.63) is 82.9 Å². The van der Waals surface area contributed by atoms with Crippen molar-refractivity contribution in [3.63, 3.8) is 0 Å². The molecule has 0 aliphatic rings. The number of carbonyl (C=O) groups is 2. The molecule has 0 radical (unpaired) electrons. The molecule has 4 amide bonds. The summed E-state index contributed by atoms with van der Waals surface area (Å²) >= 11 is 0. The van der Waals surface area contributed by atoms with Crippen molar-refractivity contribution in [2.24, 2.45) is 0 Å². The molecule has 0 aliphatic heterocycles. The minimum absolute atomic E-state index is 0.128. The van der Waals surface area contributed by atoms with Crippen LogP contribution in [0.25, 0.3) is 0 Å². The summed E-state index contributed by atoms with van der Waals surface area (Å²) in [6.07, 6.45) is 0. The average molecular weight is 459 g/mol. The third-order valence-electron chi connectivity index (χ3n) is 6.65. The van der Waals surface area contributed by atoms with E-state index in [1.807, 2.05) is 88.4 Å². The van der Waals surface area contributed by atoms with Gasteiger partial charge in [-0.15, -0.1) is 0 Å². The van der Waals surface area contributed by atoms with Gasteiger partial charge < -0.3 is 0 Å². The number of anilines is 4. The van der Waals surface area contributed by atoms with Crippen molar-refractivity contribution in [1.82, 2.24) is 0 Å². The molecule has 0 aliphatic carbocycles. The monoisotopic (exact) mass is 458 g/mol. The molecule has 3 aromatic carbocycles. The number of benzene rings is 3. The fourth-order valence-corrected chi connectivity index (χ4v) is 4.44. The van der Waals surface area contributed by atoms with E-state index in [0.29, 0.717) is 0 Å². The molecule has 3 rings (SSSR count). The van der Waals surface area contributed by atoms with E-state index < -0.39 is 0 Å². The Morgan fingerprint density at radius 1 is 0.471 bits per heavy atom. The Kier molecular flexibility index (Phi) is 7.30. The first-order chi connectivity index (χ1) is 16.1. The van der Waals surface area contributed by atoms with Gasteiger partial charge in [-0.05, 0) is 74.2 Å². The van der Waals surface area contributed by atoms with Crippen molar-refractivity contribution in [2.75, 3.05) is 47.8 Å². The van der Waals surface area contributed by atoms with Crippen LogP contribution in [0, 0.1) is 27.7 Å². The molecule has 0 aromatic heterocycles. The topological polar surface area (TPSA) is 47.1 Å². The quantitative estimate of drug-likeness (QED) is 0.460. The maximum atomic E-state index is 13.3. The van der Waals surface area contributed by atoms with Crippen LogP contribution < -0.4 is 19.6 Å². The zero-order valence-electron chi connectivity index (χ0n) is 21.4. The second-order valence-corrected chi connectivity index (χ2v) is 8.67. The van der Waals surface area contributed by atoms with Gasteiger partial charge in [-0.1, -0.05) is 36.4 Å². The van der Waals surface area contributed by atoms with Crippen LogP contribution in [0.3, 0.4) is 0 Å². The Morgan fingerprint density at radius 2 is 0.735 bits per heavy atom. The summed E-state index contributed by atoms with van der Waals surface area (Å²) in [5, 5.41) is 0. The minimum Gasteiger partial charge on any atom is -0.297 e. The summed E-state index contributed by atoms with van der Waals surface area (Å²) in [5.41, 5.74) is 7.26. The van der Waals surface area contributed by atoms with Gasteiger partial charge in [0.05, 0.1) is 11.4 Å². The first-order valence-electron chi connectivity index (χ1n) is 11.3. The molecular formula is C28H34N4O2. The predicted molar refractivity (Wildman–Crippen MR) is 143 cm³/mol. The Balaban J connectivity index is 1.98. The SMILES string of the molecule is Cc1c(C)c(N(C)C(=O)N(C)c2ccccc2)c(C)c(C)c1N(C)C(=O)N(C)c1ccccc1. The molecule has 34 heavy (non-hydrogen) atoms. The molecule has 178 valence electrons. The van der Waals surface area contributed by atoms with Gasteiger partial charge in [0.15, 0.2) is 0 Å². The van der Waals surface area contributed by atoms with Gasteiger partial charge in [0.2, 0.25) is 0 Å². The summed E-state index contributed by atoms with van der Waals surface area (Å²) in [7, 11) is 7.15. The van der Waals surface area contributed by atoms with Crippen LogP contribution in [0.1, 0.15) is 22.3 Å². The highest BCUT2D eigenvalue weighted by atomic mass is 16.2. The molecule has 0 saturated heterocycles. The van der Waals surface area contributed by atoms with E-state index in [2.05, 4.69) is 0 Å². The molecule has 0 atom stereocenters. The number of amides is 4. The molecular weight excluding hydrogens is 424 g/mol. The number of urea groups is 2. The van der Waals surface area contributed by atoms with Crippen molar-refractivity contribution in [2.45, 2.75) is 27.7 Å². The fourth-order valence-electron chi connectivity index (χ4n) is 4.44. The summed E-state index contributed by atoms with van der Waals surface area (Å²) in [6, 6.07) is 18.9. The van der Waals surface area contributed by atoms with Crippen molar-refractivity contribution < 1.29 is 9.59 Å². The predicted octanol–water partition coefficient (Wildman–Crippen LogP) is 6.31. The van der Waals surface area contributed by atoms with Gasteiger partial charge in [0.25, 0.3) is 0 Å². The number of hydrogen-bond donors (Lipinski definition) is 0. The normalized spacial score (nSPS) is 10.6. The summed E-state index contributed by atoms with van der Waals surface area (Å²) in [4.78, 5) is 33.3. The highest BCUT2D eigenvalue weighted by Gasteiger charge is 2.27. The van der Waals surface area contributed by atoms with E-state index in [-0.39, 0.29) is 12.1 Å². The molecule has 0 heterocycles. The standard InChI is InChI=1S/C28H34N4O2/c1-19-20(2)26(32(8)28(34)30(6)24-17-13-10-14-18-24)22(4)21(3)25(19)31(7)27(33)29(5)23-15-11-9-12-16-23/h9-18H,1-8H3. The summed E-state index contributed by atoms with van der Waals surface area (Å²) in [6.45, 7) is 8.02. The van der Waals surface area contributed by atoms with Crippen molar-refractivity contribution in [3.8, 4) is 0 Å². The molecule has 0 N–H and O–H groups in total. The van der Waals surface area contributed by atoms with Gasteiger partial charge in [0.1, 0.15) is 0 Å². The van der Waals surface area contributed by atoms with Crippen LogP contribution in [0.5, 0.6) is 0 Å². The lowest BCUT2D eigenvalue weighted by Crippen LogP contribution is -2.41. The average Bonchev–Trinajstić information content (AvgIpc) is 2.86. The van der Waals surface area contributed by atoms with Crippen LogP contribution in [0.4, 0.5) is 32.3 Å². The second-order valence-electron chi connectivity index (χ2n) is 8.67. The molecule has 0 fully saturated rings. The largest absolute Gasteiger partial charge is 0.328 e. The second kappa shape index (κ2) is 10.00. The molecule has 0 unspecified atom stereocenters. The van der Waals surface area contributed by atoms with Gasteiger partial charge in [-0.3, -0.25) is 19.6 Å². The van der Waals surface area contributed by atoms with E-state index in [1.54, 1.807) is 47.8 Å². The lowest BCUT2D eigenvalue weighted by molar-refractivity contribution is 0.252. The summed E-state index contributed by atoms with van der Waals surface area (Å²) < 4.78 is 0. The third-order valence-corrected chi connectivity index (χ3v) is 6.65. The Labute approximate surface area is 203 Å². The van der Waals surface area contributed by atoms with Crippen LogP contribution in [0.2, 0.25) is 0 Å². The lowest BCUT2D eigenvalue weighted by atomic mass is 9.94. The lowest BCUT2D eigenvalue weighted by Gasteiger charge is -2.33. The number of hydrogen-bond acceptors (Lipinski definition) is 2. The van der Waals surface area contributed by atoms with E-state index in [0.717, 1.165) is 45.0 Å². The Bertz CT molecular complexity index is 1070. The van der Waals surface area contributed by atoms with Gasteiger partial charge in [-0.25, -0.2) is 9.59 Å². The van der Waals surface area contributed by atoms with Gasteiger partial charge in [0, 0.05) is 39.6 Å². The van der Waals surface area contributed by atoms with Crippen LogP contribution in [0.15, 0.2) is 60.7 Å². The number of nitrogens with zero attached hydrogens (tertiary/aromatic N) is 4. The van der Waals surface area contributed by atoms with Crippen molar-refractivity contribution >= 4 is 34.8 Å². The highest BCUT2D eigenvalue weighted by Crippen LogP contribution is 2.38. The maximum absolute atomic E-state index is 13.3. The van der Waals surface area contributed by atoms with Gasteiger partial charge in [-0.2, -0.15) is 0 Å². The maximum Gasteiger partial charge on any atom is 0.328 e. The van der Waals surface area contributed by atoms with Crippen LogP contribution in [-0.2, 0) is 0 Å². The number of para-hydroxylation sites is 2. The number of rotatable bonds is 4. The number of carbonyl (C=O) groups excluding carboxylic acids is 2. The Hall–Kier alpha value is -3.80. The van der Waals surface area contributed by atoms with E-state index in [9.17, 15) is 9.59 Å². The van der Waals surface area contributed by atoms with Crippen molar-refractivity contribution in [1.29, 1.82) is 0 Å². The van der Waals surface area contributed by atoms with Crippen LogP contribution >= 0.6 is 0 Å². The third kappa shape index (κ3) is 4.49. The summed E-state index contributed by atoms with van der Waals surface area (Å²) in [5.74, 6) is 0. The smallest absolute Gasteiger partial charge is 0.297 e. The molecule has 3 aromatic rings. The van der Waals surface area contributed by atoms with E-state index in [1.165, 1.54) is 0 Å². The highest BCUT2D eigenvalue weighted by molar-refractivity contribution is 6.06. The Morgan fingerprint density at radius 3 is 1.00 bits per heavy atom. The van der Waals surface area contributed by atoms with Gasteiger partial charge >= 0.3 is 12.1 Å². The van der Waals surface area contributed by atoms with E-state index >= 15 is 0 Å². The molecule has 6 heteroatoms. The van der Waals surface area contributed by atoms with E-state index in [4.69, 9.17) is 0 Å². The molecule has 0 bridgehead atoms. The van der Waals surface area contributed by atoms with Crippen LogP contribution in [-0.4, -0.2) is 40.3 Å².